The molecule has 1 aromatic rings. The fraction of sp³-hybridized carbons (Fsp3) is 0.533. The van der Waals surface area contributed by atoms with E-state index in [1.54, 1.807) is 0 Å². The van der Waals surface area contributed by atoms with Gasteiger partial charge in [-0.3, -0.25) is 4.79 Å². The highest BCUT2D eigenvalue weighted by atomic mass is 16.2. The highest BCUT2D eigenvalue weighted by molar-refractivity contribution is 5.94. The molecule has 1 aliphatic rings. The molecular weight excluding hydrogens is 224 g/mol. The van der Waals surface area contributed by atoms with Crippen molar-refractivity contribution in [3.8, 4) is 0 Å². The van der Waals surface area contributed by atoms with Crippen molar-refractivity contribution in [1.82, 2.24) is 4.90 Å². The van der Waals surface area contributed by atoms with Gasteiger partial charge in [-0.2, -0.15) is 0 Å². The van der Waals surface area contributed by atoms with Crippen LogP contribution in [0.4, 0.5) is 0 Å². The third-order valence-corrected chi connectivity index (χ3v) is 3.68. The Morgan fingerprint density at radius 2 is 2.00 bits per heavy atom. The van der Waals surface area contributed by atoms with Gasteiger partial charge in [-0.05, 0) is 51.3 Å². The van der Waals surface area contributed by atoms with Crippen molar-refractivity contribution in [1.29, 1.82) is 0 Å². The largest absolute Gasteiger partial charge is 0.336 e. The lowest BCUT2D eigenvalue weighted by Crippen LogP contribution is -2.45. The van der Waals surface area contributed by atoms with Crippen LogP contribution in [0, 0.1) is 6.92 Å². The molecule has 1 amide bonds. The van der Waals surface area contributed by atoms with Gasteiger partial charge in [-0.15, -0.1) is 0 Å². The average molecular weight is 246 g/mol. The van der Waals surface area contributed by atoms with E-state index in [0.29, 0.717) is 12.6 Å². The summed E-state index contributed by atoms with van der Waals surface area (Å²) in [7, 11) is 0. The predicted octanol–water partition coefficient (Wildman–Crippen LogP) is 2.34. The van der Waals surface area contributed by atoms with Crippen LogP contribution in [-0.2, 0) is 0 Å². The first kappa shape index (κ1) is 13.1. The molecule has 2 rings (SSSR count). The SMILES string of the molecule is Cc1ccc(C(=O)N(CCCN)C2CCC2)cc1. The summed E-state index contributed by atoms with van der Waals surface area (Å²) in [6.45, 7) is 3.46. The zero-order valence-corrected chi connectivity index (χ0v) is 11.1. The maximum Gasteiger partial charge on any atom is 0.254 e. The summed E-state index contributed by atoms with van der Waals surface area (Å²) in [5.74, 6) is 0.160. The fourth-order valence-electron chi connectivity index (χ4n) is 2.27. The molecule has 0 spiro atoms. The summed E-state index contributed by atoms with van der Waals surface area (Å²) in [5, 5.41) is 0. The number of aryl methyl sites for hydroxylation is 1. The lowest BCUT2D eigenvalue weighted by molar-refractivity contribution is 0.0578. The molecule has 1 aromatic carbocycles. The minimum atomic E-state index is 0.160. The molecule has 98 valence electrons. The molecule has 0 heterocycles. The number of carbonyl (C=O) groups is 1. The molecule has 0 saturated heterocycles. The summed E-state index contributed by atoms with van der Waals surface area (Å²) >= 11 is 0. The Hall–Kier alpha value is -1.35. The number of nitrogens with two attached hydrogens (primary N) is 1. The van der Waals surface area contributed by atoms with Crippen molar-refractivity contribution < 1.29 is 4.79 Å². The van der Waals surface area contributed by atoms with Gasteiger partial charge in [0.25, 0.3) is 5.91 Å². The lowest BCUT2D eigenvalue weighted by Gasteiger charge is -2.37. The van der Waals surface area contributed by atoms with Crippen LogP contribution in [-0.4, -0.2) is 29.9 Å². The van der Waals surface area contributed by atoms with E-state index in [4.69, 9.17) is 5.73 Å². The second kappa shape index (κ2) is 6.01. The Kier molecular flexibility index (Phi) is 4.37. The van der Waals surface area contributed by atoms with Crippen LogP contribution >= 0.6 is 0 Å². The number of rotatable bonds is 5. The lowest BCUT2D eigenvalue weighted by atomic mass is 9.90. The first-order valence-electron chi connectivity index (χ1n) is 6.80. The standard InChI is InChI=1S/C15H22N2O/c1-12-6-8-13(9-7-12)15(18)17(11-3-10-16)14-4-2-5-14/h6-9,14H,2-5,10-11,16H2,1H3. The molecule has 0 aromatic heterocycles. The highest BCUT2D eigenvalue weighted by Gasteiger charge is 2.28. The van der Waals surface area contributed by atoms with Gasteiger partial charge in [-0.25, -0.2) is 0 Å². The van der Waals surface area contributed by atoms with Crippen LogP contribution in [0.25, 0.3) is 0 Å². The number of amides is 1. The van der Waals surface area contributed by atoms with Crippen LogP contribution in [0.1, 0.15) is 41.6 Å². The van der Waals surface area contributed by atoms with E-state index in [-0.39, 0.29) is 5.91 Å². The van der Waals surface area contributed by atoms with Gasteiger partial charge in [-0.1, -0.05) is 17.7 Å². The van der Waals surface area contributed by atoms with Crippen LogP contribution in [0.15, 0.2) is 24.3 Å². The predicted molar refractivity (Wildman–Crippen MR) is 73.5 cm³/mol. The normalized spacial score (nSPS) is 15.2. The van der Waals surface area contributed by atoms with E-state index in [1.165, 1.54) is 12.0 Å². The smallest absolute Gasteiger partial charge is 0.254 e. The molecule has 1 saturated carbocycles. The molecule has 0 aliphatic heterocycles. The summed E-state index contributed by atoms with van der Waals surface area (Å²) in [5.41, 5.74) is 7.54. The summed E-state index contributed by atoms with van der Waals surface area (Å²) in [4.78, 5) is 14.5. The van der Waals surface area contributed by atoms with E-state index < -0.39 is 0 Å². The van der Waals surface area contributed by atoms with Crippen molar-refractivity contribution in [2.24, 2.45) is 5.73 Å². The maximum atomic E-state index is 12.5. The Morgan fingerprint density at radius 1 is 1.33 bits per heavy atom. The van der Waals surface area contributed by atoms with Gasteiger partial charge in [0.2, 0.25) is 0 Å². The minimum Gasteiger partial charge on any atom is -0.336 e. The van der Waals surface area contributed by atoms with Gasteiger partial charge in [0, 0.05) is 18.2 Å². The van der Waals surface area contributed by atoms with E-state index in [1.807, 2.05) is 36.1 Å². The first-order valence-corrected chi connectivity index (χ1v) is 6.80. The Bertz CT molecular complexity index is 395. The average Bonchev–Trinajstić information content (AvgIpc) is 2.32. The fourth-order valence-corrected chi connectivity index (χ4v) is 2.27. The van der Waals surface area contributed by atoms with Crippen molar-refractivity contribution >= 4 is 5.91 Å². The van der Waals surface area contributed by atoms with Gasteiger partial charge < -0.3 is 10.6 Å². The zero-order chi connectivity index (χ0) is 13.0. The van der Waals surface area contributed by atoms with E-state index >= 15 is 0 Å². The molecule has 3 heteroatoms. The van der Waals surface area contributed by atoms with Gasteiger partial charge in [0.05, 0.1) is 0 Å². The highest BCUT2D eigenvalue weighted by Crippen LogP contribution is 2.26. The molecule has 0 atom stereocenters. The Morgan fingerprint density at radius 3 is 2.50 bits per heavy atom. The van der Waals surface area contributed by atoms with Crippen molar-refractivity contribution in [3.05, 3.63) is 35.4 Å². The van der Waals surface area contributed by atoms with Crippen molar-refractivity contribution in [2.75, 3.05) is 13.1 Å². The molecule has 3 nitrogen and oxygen atoms in total. The molecule has 1 aliphatic carbocycles. The molecule has 2 N–H and O–H groups in total. The number of hydrogen-bond donors (Lipinski definition) is 1. The second-order valence-electron chi connectivity index (χ2n) is 5.09. The Labute approximate surface area is 109 Å². The van der Waals surface area contributed by atoms with E-state index in [9.17, 15) is 4.79 Å². The third kappa shape index (κ3) is 2.91. The summed E-state index contributed by atoms with van der Waals surface area (Å²) < 4.78 is 0. The maximum absolute atomic E-state index is 12.5. The number of benzene rings is 1. The van der Waals surface area contributed by atoms with Crippen LogP contribution < -0.4 is 5.73 Å². The molecule has 0 radical (unpaired) electrons. The summed E-state index contributed by atoms with van der Waals surface area (Å²) in [6, 6.07) is 8.27. The minimum absolute atomic E-state index is 0.160. The topological polar surface area (TPSA) is 46.3 Å². The zero-order valence-electron chi connectivity index (χ0n) is 11.1. The van der Waals surface area contributed by atoms with Crippen molar-refractivity contribution in [3.63, 3.8) is 0 Å². The van der Waals surface area contributed by atoms with E-state index in [2.05, 4.69) is 0 Å². The van der Waals surface area contributed by atoms with E-state index in [0.717, 1.165) is 31.4 Å². The third-order valence-electron chi connectivity index (χ3n) is 3.68. The molecule has 18 heavy (non-hydrogen) atoms. The monoisotopic (exact) mass is 246 g/mol. The van der Waals surface area contributed by atoms with Crippen molar-refractivity contribution in [2.45, 2.75) is 38.6 Å². The number of carbonyl (C=O) groups excluding carboxylic acids is 1. The quantitative estimate of drug-likeness (QED) is 0.866. The molecule has 1 fully saturated rings. The molecular formula is C15H22N2O. The molecule has 0 bridgehead atoms. The molecule has 0 unspecified atom stereocenters. The number of nitrogens with zero attached hydrogens (tertiary/aromatic N) is 1. The van der Waals surface area contributed by atoms with Crippen LogP contribution in [0.5, 0.6) is 0 Å². The number of hydrogen-bond acceptors (Lipinski definition) is 2. The summed E-state index contributed by atoms with van der Waals surface area (Å²) in [6.07, 6.45) is 4.41. The van der Waals surface area contributed by atoms with Crippen LogP contribution in [0.3, 0.4) is 0 Å². The first-order chi connectivity index (χ1) is 8.72. The van der Waals surface area contributed by atoms with Gasteiger partial charge >= 0.3 is 0 Å². The van der Waals surface area contributed by atoms with Crippen LogP contribution in [0.2, 0.25) is 0 Å². The Balaban J connectivity index is 2.08. The van der Waals surface area contributed by atoms with Gasteiger partial charge in [0.1, 0.15) is 0 Å². The second-order valence-corrected chi connectivity index (χ2v) is 5.09. The van der Waals surface area contributed by atoms with Gasteiger partial charge in [0.15, 0.2) is 0 Å².